The highest BCUT2D eigenvalue weighted by atomic mass is 35.5. The van der Waals surface area contributed by atoms with Gasteiger partial charge in [0.2, 0.25) is 0 Å². The molecule has 26 heavy (non-hydrogen) atoms. The molecule has 1 N–H and O–H groups in total. The molecular formula is C14H8Cl2F2N2O6. The topological polar surface area (TPSA) is 124 Å². The molecule has 0 spiro atoms. The third kappa shape index (κ3) is 5.15. The normalized spacial score (nSPS) is 9.88. The first kappa shape index (κ1) is 21.4. The Bertz CT molecular complexity index is 879. The van der Waals surface area contributed by atoms with E-state index < -0.39 is 39.5 Å². The van der Waals surface area contributed by atoms with E-state index in [0.29, 0.717) is 12.1 Å². The van der Waals surface area contributed by atoms with E-state index in [-0.39, 0.29) is 27.5 Å². The van der Waals surface area contributed by atoms with Crippen molar-refractivity contribution in [3.05, 3.63) is 77.3 Å². The van der Waals surface area contributed by atoms with Crippen LogP contribution in [0.15, 0.2) is 24.3 Å². The minimum absolute atomic E-state index is 0.00333. The summed E-state index contributed by atoms with van der Waals surface area (Å²) in [4.78, 5) is 29.3. The molecule has 12 heteroatoms. The number of aliphatic hydroxyl groups excluding tert-OH is 1. The van der Waals surface area contributed by atoms with Crippen molar-refractivity contribution in [2.24, 2.45) is 0 Å². The molecular weight excluding hydrogens is 401 g/mol. The Hall–Kier alpha value is -2.69. The largest absolute Gasteiger partial charge is 0.391 e. The Morgan fingerprint density at radius 1 is 0.962 bits per heavy atom. The van der Waals surface area contributed by atoms with E-state index in [1.54, 1.807) is 0 Å². The van der Waals surface area contributed by atoms with E-state index in [1.165, 1.54) is 0 Å². The first-order valence-corrected chi connectivity index (χ1v) is 7.19. The molecule has 0 aliphatic heterocycles. The van der Waals surface area contributed by atoms with Crippen LogP contribution in [-0.4, -0.2) is 21.2 Å². The zero-order valence-corrected chi connectivity index (χ0v) is 14.0. The summed E-state index contributed by atoms with van der Waals surface area (Å²) in [6.45, 7) is -0.545. The van der Waals surface area contributed by atoms with Gasteiger partial charge in [-0.2, -0.15) is 0 Å². The molecule has 0 radical (unpaired) electrons. The number of nitro groups is 2. The van der Waals surface area contributed by atoms with Gasteiger partial charge in [0.05, 0.1) is 49.8 Å². The highest BCUT2D eigenvalue weighted by Gasteiger charge is 2.17. The minimum Gasteiger partial charge on any atom is -0.391 e. The monoisotopic (exact) mass is 408 g/mol. The van der Waals surface area contributed by atoms with Gasteiger partial charge in [-0.1, -0.05) is 23.2 Å². The summed E-state index contributed by atoms with van der Waals surface area (Å²) >= 11 is 10.7. The first-order valence-electron chi connectivity index (χ1n) is 6.44. The summed E-state index contributed by atoms with van der Waals surface area (Å²) in [7, 11) is 0. The fourth-order valence-corrected chi connectivity index (χ4v) is 2.04. The zero-order chi connectivity index (χ0) is 20.0. The van der Waals surface area contributed by atoms with Crippen molar-refractivity contribution < 1.29 is 28.5 Å². The summed E-state index contributed by atoms with van der Waals surface area (Å²) in [5, 5.41) is 28.8. The lowest BCUT2D eigenvalue weighted by Crippen LogP contribution is -1.96. The number of halogens is 4. The number of carbonyl (C=O) groups excluding carboxylic acids is 1. The second kappa shape index (κ2) is 9.13. The van der Waals surface area contributed by atoms with Crippen LogP contribution >= 0.6 is 23.2 Å². The Morgan fingerprint density at radius 2 is 1.42 bits per heavy atom. The van der Waals surface area contributed by atoms with E-state index in [2.05, 4.69) is 0 Å². The smallest absolute Gasteiger partial charge is 0.282 e. The maximum Gasteiger partial charge on any atom is 0.282 e. The molecule has 2 aromatic rings. The lowest BCUT2D eigenvalue weighted by atomic mass is 10.2. The molecule has 0 heterocycles. The van der Waals surface area contributed by atoms with Crippen LogP contribution in [0.4, 0.5) is 20.2 Å². The predicted octanol–water partition coefficient (Wildman–Crippen LogP) is 4.08. The Labute approximate surface area is 153 Å². The number of hydrogen-bond acceptors (Lipinski definition) is 6. The van der Waals surface area contributed by atoms with Crippen LogP contribution in [0.2, 0.25) is 10.0 Å². The highest BCUT2D eigenvalue weighted by molar-refractivity contribution is 6.31. The molecule has 0 aliphatic rings. The van der Waals surface area contributed by atoms with Crippen LogP contribution in [0.25, 0.3) is 0 Å². The fraction of sp³-hybridized carbons (Fsp3) is 0.0714. The van der Waals surface area contributed by atoms with E-state index in [0.717, 1.165) is 12.1 Å². The highest BCUT2D eigenvalue weighted by Crippen LogP contribution is 2.26. The number of aliphatic hydroxyl groups is 1. The van der Waals surface area contributed by atoms with Gasteiger partial charge >= 0.3 is 0 Å². The second-order valence-electron chi connectivity index (χ2n) is 4.51. The molecule has 0 bridgehead atoms. The number of nitrogens with zero attached hydrogens (tertiary/aromatic N) is 2. The van der Waals surface area contributed by atoms with Crippen molar-refractivity contribution in [2.75, 3.05) is 0 Å². The summed E-state index contributed by atoms with van der Waals surface area (Å²) in [6, 6.07) is 3.26. The minimum atomic E-state index is -0.918. The van der Waals surface area contributed by atoms with Crippen molar-refractivity contribution in [1.29, 1.82) is 0 Å². The van der Waals surface area contributed by atoms with Gasteiger partial charge in [0.25, 0.3) is 11.4 Å². The number of nitro benzene ring substituents is 2. The molecule has 0 saturated carbocycles. The van der Waals surface area contributed by atoms with Gasteiger partial charge in [-0.05, 0) is 12.1 Å². The van der Waals surface area contributed by atoms with Gasteiger partial charge in [0, 0.05) is 0 Å². The van der Waals surface area contributed by atoms with Crippen molar-refractivity contribution in [3.8, 4) is 0 Å². The van der Waals surface area contributed by atoms with E-state index >= 15 is 0 Å². The number of aldehydes is 1. The third-order valence-corrected chi connectivity index (χ3v) is 3.46. The van der Waals surface area contributed by atoms with Crippen molar-refractivity contribution in [1.82, 2.24) is 0 Å². The van der Waals surface area contributed by atoms with Gasteiger partial charge in [-0.25, -0.2) is 8.78 Å². The van der Waals surface area contributed by atoms with E-state index in [4.69, 9.17) is 28.3 Å². The summed E-state index contributed by atoms with van der Waals surface area (Å²) in [5.74, 6) is -1.79. The molecule has 0 atom stereocenters. The second-order valence-corrected chi connectivity index (χ2v) is 5.32. The SMILES string of the molecule is O=Cc1cc(Cl)c(F)cc1[N+](=O)[O-].O=[N+]([O-])c1cc(F)c(Cl)cc1CO. The van der Waals surface area contributed by atoms with E-state index in [9.17, 15) is 33.8 Å². The molecule has 0 unspecified atom stereocenters. The first-order chi connectivity index (χ1) is 12.1. The Balaban J connectivity index is 0.000000260. The Morgan fingerprint density at radius 3 is 1.85 bits per heavy atom. The molecule has 0 saturated heterocycles. The van der Waals surface area contributed by atoms with Crippen LogP contribution in [0, 0.1) is 31.9 Å². The lowest BCUT2D eigenvalue weighted by molar-refractivity contribution is -0.386. The van der Waals surface area contributed by atoms with Crippen molar-refractivity contribution in [2.45, 2.75) is 6.61 Å². The van der Waals surface area contributed by atoms with Gasteiger partial charge < -0.3 is 5.11 Å². The number of hydrogen-bond donors (Lipinski definition) is 1. The lowest BCUT2D eigenvalue weighted by Gasteiger charge is -2.00. The Kier molecular flexibility index (Phi) is 7.50. The van der Waals surface area contributed by atoms with Crippen LogP contribution in [-0.2, 0) is 6.61 Å². The molecule has 0 fully saturated rings. The number of carbonyl (C=O) groups is 1. The summed E-state index contributed by atoms with van der Waals surface area (Å²) in [5.41, 5.74) is -1.30. The number of benzene rings is 2. The van der Waals surface area contributed by atoms with E-state index in [1.807, 2.05) is 0 Å². The molecule has 0 aliphatic carbocycles. The summed E-state index contributed by atoms with van der Waals surface area (Å²) in [6.07, 6.45) is 0.253. The van der Waals surface area contributed by atoms with Crippen LogP contribution in [0.1, 0.15) is 15.9 Å². The van der Waals surface area contributed by atoms with Crippen molar-refractivity contribution >= 4 is 40.9 Å². The quantitative estimate of drug-likeness (QED) is 0.461. The van der Waals surface area contributed by atoms with Gasteiger partial charge in [-0.15, -0.1) is 0 Å². The molecule has 8 nitrogen and oxygen atoms in total. The molecule has 138 valence electrons. The maximum atomic E-state index is 12.7. The molecule has 0 amide bonds. The van der Waals surface area contributed by atoms with Crippen LogP contribution in [0.5, 0.6) is 0 Å². The fourth-order valence-electron chi connectivity index (χ4n) is 1.68. The van der Waals surface area contributed by atoms with Crippen LogP contribution in [0.3, 0.4) is 0 Å². The predicted molar refractivity (Wildman–Crippen MR) is 87.4 cm³/mol. The zero-order valence-electron chi connectivity index (χ0n) is 12.5. The average molecular weight is 409 g/mol. The third-order valence-electron chi connectivity index (χ3n) is 2.88. The molecule has 2 rings (SSSR count). The standard InChI is InChI=1S/C7H5ClFNO3.C7H3ClFNO3/c2*8-5-1-4(3-11)7(10(12)13)2-6(5)9/h1-2,11H,3H2;1-3H. The number of rotatable bonds is 4. The van der Waals surface area contributed by atoms with Crippen LogP contribution < -0.4 is 0 Å². The molecule has 2 aromatic carbocycles. The van der Waals surface area contributed by atoms with Gasteiger partial charge in [0.15, 0.2) is 6.29 Å². The summed E-state index contributed by atoms with van der Waals surface area (Å²) < 4.78 is 25.4. The van der Waals surface area contributed by atoms with Gasteiger partial charge in [-0.3, -0.25) is 25.0 Å². The maximum absolute atomic E-state index is 12.7. The van der Waals surface area contributed by atoms with Crippen molar-refractivity contribution in [3.63, 3.8) is 0 Å². The average Bonchev–Trinajstić information content (AvgIpc) is 2.59. The van der Waals surface area contributed by atoms with Gasteiger partial charge in [0.1, 0.15) is 11.6 Å². The molecule has 0 aromatic heterocycles.